The molecule has 3 nitrogen and oxygen atoms in total. The van der Waals surface area contributed by atoms with Gasteiger partial charge in [-0.25, -0.2) is 4.98 Å². The molecule has 1 N–H and O–H groups in total. The van der Waals surface area contributed by atoms with Crippen LogP contribution in [0.5, 0.6) is 0 Å². The highest BCUT2D eigenvalue weighted by molar-refractivity contribution is 7.09. The zero-order chi connectivity index (χ0) is 9.80. The lowest BCUT2D eigenvalue weighted by Crippen LogP contribution is -2.18. The fourth-order valence-corrected chi connectivity index (χ4v) is 2.30. The SMILES string of the molecule is COCCNCc1csc(C2CC2)n1. The zero-order valence-corrected chi connectivity index (χ0v) is 9.27. The van der Waals surface area contributed by atoms with E-state index in [2.05, 4.69) is 15.7 Å². The Labute approximate surface area is 88.5 Å². The van der Waals surface area contributed by atoms with Crippen LogP contribution in [0.1, 0.15) is 29.5 Å². The molecule has 0 radical (unpaired) electrons. The van der Waals surface area contributed by atoms with Gasteiger partial charge in [-0.3, -0.25) is 0 Å². The predicted molar refractivity (Wildman–Crippen MR) is 57.7 cm³/mol. The molecule has 1 aromatic rings. The van der Waals surface area contributed by atoms with Gasteiger partial charge in [0.1, 0.15) is 0 Å². The minimum atomic E-state index is 0.764. The highest BCUT2D eigenvalue weighted by Gasteiger charge is 2.26. The van der Waals surface area contributed by atoms with E-state index in [1.54, 1.807) is 18.4 Å². The average molecular weight is 212 g/mol. The molecule has 14 heavy (non-hydrogen) atoms. The Balaban J connectivity index is 1.72. The largest absolute Gasteiger partial charge is 0.383 e. The van der Waals surface area contributed by atoms with Crippen molar-refractivity contribution in [3.05, 3.63) is 16.1 Å². The maximum Gasteiger partial charge on any atom is 0.0959 e. The first-order valence-corrected chi connectivity index (χ1v) is 5.92. The highest BCUT2D eigenvalue weighted by atomic mass is 32.1. The lowest BCUT2D eigenvalue weighted by molar-refractivity contribution is 0.199. The molecule has 1 saturated carbocycles. The Morgan fingerprint density at radius 1 is 1.64 bits per heavy atom. The number of ether oxygens (including phenoxy) is 1. The second kappa shape index (κ2) is 4.87. The van der Waals surface area contributed by atoms with Gasteiger partial charge in [0.25, 0.3) is 0 Å². The van der Waals surface area contributed by atoms with Crippen LogP contribution in [0.15, 0.2) is 5.38 Å². The molecule has 0 aliphatic heterocycles. The smallest absolute Gasteiger partial charge is 0.0959 e. The summed E-state index contributed by atoms with van der Waals surface area (Å²) in [4.78, 5) is 4.59. The molecule has 0 aromatic carbocycles. The van der Waals surface area contributed by atoms with Crippen molar-refractivity contribution in [2.45, 2.75) is 25.3 Å². The van der Waals surface area contributed by atoms with Crippen LogP contribution < -0.4 is 5.32 Å². The summed E-state index contributed by atoms with van der Waals surface area (Å²) in [5.74, 6) is 0.785. The lowest BCUT2D eigenvalue weighted by atomic mass is 10.4. The van der Waals surface area contributed by atoms with Gasteiger partial charge in [-0.1, -0.05) is 0 Å². The van der Waals surface area contributed by atoms with Crippen LogP contribution in [0.3, 0.4) is 0 Å². The molecule has 1 heterocycles. The summed E-state index contributed by atoms with van der Waals surface area (Å²) in [6, 6.07) is 0. The standard InChI is InChI=1S/C10H16N2OS/c1-13-5-4-11-6-9-7-14-10(12-9)8-2-3-8/h7-8,11H,2-6H2,1H3. The predicted octanol–water partition coefficient (Wildman–Crippen LogP) is 1.76. The second-order valence-corrected chi connectivity index (χ2v) is 4.51. The molecule has 1 fully saturated rings. The first kappa shape index (κ1) is 10.1. The third-order valence-electron chi connectivity index (χ3n) is 2.29. The van der Waals surface area contributed by atoms with Gasteiger partial charge < -0.3 is 10.1 Å². The van der Waals surface area contributed by atoms with Crippen molar-refractivity contribution in [1.29, 1.82) is 0 Å². The number of hydrogen-bond donors (Lipinski definition) is 1. The Morgan fingerprint density at radius 2 is 2.50 bits per heavy atom. The summed E-state index contributed by atoms with van der Waals surface area (Å²) >= 11 is 1.80. The van der Waals surface area contributed by atoms with E-state index in [0.29, 0.717) is 0 Å². The maximum absolute atomic E-state index is 4.95. The summed E-state index contributed by atoms with van der Waals surface area (Å²) in [6.07, 6.45) is 2.67. The monoisotopic (exact) mass is 212 g/mol. The van der Waals surface area contributed by atoms with Gasteiger partial charge in [0.2, 0.25) is 0 Å². The molecule has 2 rings (SSSR count). The fraction of sp³-hybridized carbons (Fsp3) is 0.700. The first-order valence-electron chi connectivity index (χ1n) is 5.04. The number of nitrogens with one attached hydrogen (secondary N) is 1. The Bertz CT molecular complexity index is 283. The lowest BCUT2D eigenvalue weighted by Gasteiger charge is -2.00. The molecule has 0 atom stereocenters. The summed E-state index contributed by atoms with van der Waals surface area (Å²) < 4.78 is 4.95. The van der Waals surface area contributed by atoms with Gasteiger partial charge in [-0.2, -0.15) is 0 Å². The number of thiazole rings is 1. The number of methoxy groups -OCH3 is 1. The quantitative estimate of drug-likeness (QED) is 0.730. The second-order valence-electron chi connectivity index (χ2n) is 3.62. The molecule has 1 aliphatic rings. The Hall–Kier alpha value is -0.450. The fourth-order valence-electron chi connectivity index (χ4n) is 1.31. The highest BCUT2D eigenvalue weighted by Crippen LogP contribution is 2.41. The van der Waals surface area contributed by atoms with Crippen LogP contribution in [0, 0.1) is 0 Å². The molecule has 1 aromatic heterocycles. The van der Waals surface area contributed by atoms with Crippen molar-refractivity contribution in [2.24, 2.45) is 0 Å². The average Bonchev–Trinajstić information content (AvgIpc) is 2.94. The molecule has 0 amide bonds. The van der Waals surface area contributed by atoms with E-state index in [1.165, 1.54) is 23.5 Å². The summed E-state index contributed by atoms with van der Waals surface area (Å²) in [6.45, 7) is 2.53. The van der Waals surface area contributed by atoms with Crippen LogP contribution in [0.25, 0.3) is 0 Å². The topological polar surface area (TPSA) is 34.1 Å². The van der Waals surface area contributed by atoms with Crippen LogP contribution in [0.2, 0.25) is 0 Å². The van der Waals surface area contributed by atoms with Gasteiger partial charge >= 0.3 is 0 Å². The number of rotatable bonds is 6. The summed E-state index contributed by atoms with van der Waals surface area (Å²) in [7, 11) is 1.72. The van der Waals surface area contributed by atoms with Crippen molar-refractivity contribution in [1.82, 2.24) is 10.3 Å². The summed E-state index contributed by atoms with van der Waals surface area (Å²) in [5, 5.41) is 6.78. The number of hydrogen-bond acceptors (Lipinski definition) is 4. The molecule has 0 unspecified atom stereocenters. The molecule has 1 aliphatic carbocycles. The zero-order valence-electron chi connectivity index (χ0n) is 8.45. The van der Waals surface area contributed by atoms with Gasteiger partial charge in [0, 0.05) is 31.5 Å². The molecule has 4 heteroatoms. The van der Waals surface area contributed by atoms with Gasteiger partial charge in [-0.05, 0) is 12.8 Å². The normalized spacial score (nSPS) is 16.1. The van der Waals surface area contributed by atoms with E-state index in [9.17, 15) is 0 Å². The number of aromatic nitrogens is 1. The minimum Gasteiger partial charge on any atom is -0.383 e. The molecular weight excluding hydrogens is 196 g/mol. The van der Waals surface area contributed by atoms with E-state index in [4.69, 9.17) is 4.74 Å². The van der Waals surface area contributed by atoms with Crippen molar-refractivity contribution >= 4 is 11.3 Å². The van der Waals surface area contributed by atoms with E-state index >= 15 is 0 Å². The van der Waals surface area contributed by atoms with E-state index < -0.39 is 0 Å². The minimum absolute atomic E-state index is 0.764. The number of nitrogens with zero attached hydrogens (tertiary/aromatic N) is 1. The van der Waals surface area contributed by atoms with E-state index in [0.717, 1.165) is 25.6 Å². The molecule has 0 saturated heterocycles. The van der Waals surface area contributed by atoms with Crippen LogP contribution in [-0.4, -0.2) is 25.2 Å². The van der Waals surface area contributed by atoms with Crippen LogP contribution >= 0.6 is 11.3 Å². The third kappa shape index (κ3) is 2.77. The summed E-state index contributed by atoms with van der Waals surface area (Å²) in [5.41, 5.74) is 1.17. The molecular formula is C10H16N2OS. The van der Waals surface area contributed by atoms with Gasteiger partial charge in [0.15, 0.2) is 0 Å². The molecule has 0 spiro atoms. The van der Waals surface area contributed by atoms with Crippen LogP contribution in [0.4, 0.5) is 0 Å². The third-order valence-corrected chi connectivity index (χ3v) is 3.34. The van der Waals surface area contributed by atoms with Crippen molar-refractivity contribution in [3.63, 3.8) is 0 Å². The maximum atomic E-state index is 4.95. The van der Waals surface area contributed by atoms with Gasteiger partial charge in [-0.15, -0.1) is 11.3 Å². The first-order chi connectivity index (χ1) is 6.90. The Kier molecular flexibility index (Phi) is 3.50. The van der Waals surface area contributed by atoms with Crippen molar-refractivity contribution in [3.8, 4) is 0 Å². The Morgan fingerprint density at radius 3 is 3.21 bits per heavy atom. The molecule has 78 valence electrons. The van der Waals surface area contributed by atoms with Crippen molar-refractivity contribution in [2.75, 3.05) is 20.3 Å². The molecule has 0 bridgehead atoms. The van der Waals surface area contributed by atoms with Crippen molar-refractivity contribution < 1.29 is 4.74 Å². The van der Waals surface area contributed by atoms with Crippen LogP contribution in [-0.2, 0) is 11.3 Å². The van der Waals surface area contributed by atoms with Gasteiger partial charge in [0.05, 0.1) is 17.3 Å². The van der Waals surface area contributed by atoms with E-state index in [1.807, 2.05) is 0 Å². The van der Waals surface area contributed by atoms with E-state index in [-0.39, 0.29) is 0 Å².